The van der Waals surface area contributed by atoms with Crippen LogP contribution in [0.4, 0.5) is 18.9 Å². The standard InChI is InChI=1S/C28H35F3N4O2/c1-4-5-6-7-8-9-10-25(36)32-23-15-17-24(18-16-23)35-26(33-27(34-35)37-19-20(2)3)21-11-13-22(14-12-21)28(29,30)31/h11-18,20H,4-10,19H2,1-3H3,(H,32,36). The second-order valence-corrected chi connectivity index (χ2v) is 9.52. The van der Waals surface area contributed by atoms with Crippen molar-refractivity contribution in [2.24, 2.45) is 5.92 Å². The van der Waals surface area contributed by atoms with Crippen LogP contribution in [0.1, 0.15) is 71.3 Å². The van der Waals surface area contributed by atoms with Crippen LogP contribution in [-0.4, -0.2) is 27.3 Å². The highest BCUT2D eigenvalue weighted by Gasteiger charge is 2.30. The molecule has 1 N–H and O–H groups in total. The molecule has 1 amide bonds. The van der Waals surface area contributed by atoms with Crippen molar-refractivity contribution in [3.05, 3.63) is 54.1 Å². The Morgan fingerprint density at radius 2 is 1.62 bits per heavy atom. The number of hydrogen-bond donors (Lipinski definition) is 1. The minimum absolute atomic E-state index is 0.0289. The normalized spacial score (nSPS) is 11.6. The van der Waals surface area contributed by atoms with Gasteiger partial charge in [0.05, 0.1) is 17.9 Å². The summed E-state index contributed by atoms with van der Waals surface area (Å²) in [5.41, 5.74) is 1.03. The molecule has 0 aliphatic rings. The van der Waals surface area contributed by atoms with E-state index in [0.717, 1.165) is 31.4 Å². The van der Waals surface area contributed by atoms with Crippen LogP contribution in [0.15, 0.2) is 48.5 Å². The summed E-state index contributed by atoms with van der Waals surface area (Å²) in [6.45, 7) is 6.57. The number of nitrogens with one attached hydrogen (secondary N) is 1. The number of alkyl halides is 3. The van der Waals surface area contributed by atoms with E-state index in [0.29, 0.717) is 35.8 Å². The van der Waals surface area contributed by atoms with Crippen molar-refractivity contribution in [3.8, 4) is 23.1 Å². The molecule has 3 aromatic rings. The van der Waals surface area contributed by atoms with Crippen LogP contribution in [0, 0.1) is 5.92 Å². The second kappa shape index (κ2) is 13.3. The van der Waals surface area contributed by atoms with Gasteiger partial charge in [-0.25, -0.2) is 4.68 Å². The molecule has 0 unspecified atom stereocenters. The fourth-order valence-corrected chi connectivity index (χ4v) is 3.75. The Labute approximate surface area is 216 Å². The number of aromatic nitrogens is 3. The molecule has 37 heavy (non-hydrogen) atoms. The van der Waals surface area contributed by atoms with Gasteiger partial charge in [0.2, 0.25) is 5.91 Å². The third-order valence-electron chi connectivity index (χ3n) is 5.76. The highest BCUT2D eigenvalue weighted by atomic mass is 19.4. The highest BCUT2D eigenvalue weighted by Crippen LogP contribution is 2.31. The number of rotatable bonds is 13. The summed E-state index contributed by atoms with van der Waals surface area (Å²) in [6.07, 6.45) is 2.76. The first kappa shape index (κ1) is 28.2. The van der Waals surface area contributed by atoms with E-state index in [4.69, 9.17) is 4.74 Å². The van der Waals surface area contributed by atoms with Crippen LogP contribution in [0.25, 0.3) is 17.1 Å². The average Bonchev–Trinajstić information content (AvgIpc) is 3.29. The SMILES string of the molecule is CCCCCCCCC(=O)Nc1ccc(-n2nc(OCC(C)C)nc2-c2ccc(C(F)(F)F)cc2)cc1. The summed E-state index contributed by atoms with van der Waals surface area (Å²) in [6, 6.07) is 12.0. The van der Waals surface area contributed by atoms with Gasteiger partial charge in [0.25, 0.3) is 0 Å². The minimum Gasteiger partial charge on any atom is -0.462 e. The molecule has 0 radical (unpaired) electrons. The predicted octanol–water partition coefficient (Wildman–Crippen LogP) is 7.68. The van der Waals surface area contributed by atoms with Crippen molar-refractivity contribution in [2.45, 2.75) is 71.9 Å². The lowest BCUT2D eigenvalue weighted by molar-refractivity contribution is -0.137. The summed E-state index contributed by atoms with van der Waals surface area (Å²) in [5.74, 6) is 0.576. The highest BCUT2D eigenvalue weighted by molar-refractivity contribution is 5.90. The monoisotopic (exact) mass is 516 g/mol. The van der Waals surface area contributed by atoms with Gasteiger partial charge in [0.1, 0.15) is 0 Å². The molecule has 1 aromatic heterocycles. The second-order valence-electron chi connectivity index (χ2n) is 9.52. The van der Waals surface area contributed by atoms with Crippen LogP contribution < -0.4 is 10.1 Å². The molecular formula is C28H35F3N4O2. The van der Waals surface area contributed by atoms with Crippen LogP contribution in [-0.2, 0) is 11.0 Å². The van der Waals surface area contributed by atoms with Gasteiger partial charge in [-0.05, 0) is 48.7 Å². The number of nitrogens with zero attached hydrogens (tertiary/aromatic N) is 3. The Morgan fingerprint density at radius 3 is 2.24 bits per heavy atom. The van der Waals surface area contributed by atoms with Crippen LogP contribution in [0.5, 0.6) is 6.01 Å². The predicted molar refractivity (Wildman–Crippen MR) is 139 cm³/mol. The summed E-state index contributed by atoms with van der Waals surface area (Å²) >= 11 is 0. The maximum Gasteiger partial charge on any atom is 0.416 e. The van der Waals surface area contributed by atoms with E-state index in [2.05, 4.69) is 22.3 Å². The molecular weight excluding hydrogens is 481 g/mol. The summed E-state index contributed by atoms with van der Waals surface area (Å²) in [5, 5.41) is 7.35. The maximum absolute atomic E-state index is 13.0. The first-order valence-corrected chi connectivity index (χ1v) is 12.8. The fourth-order valence-electron chi connectivity index (χ4n) is 3.75. The number of amides is 1. The topological polar surface area (TPSA) is 69.0 Å². The van der Waals surface area contributed by atoms with Crippen molar-refractivity contribution in [1.82, 2.24) is 14.8 Å². The van der Waals surface area contributed by atoms with E-state index >= 15 is 0 Å². The number of carbonyl (C=O) groups is 1. The molecule has 0 aliphatic carbocycles. The summed E-state index contributed by atoms with van der Waals surface area (Å²) < 4.78 is 46.3. The van der Waals surface area contributed by atoms with Gasteiger partial charge in [-0.15, -0.1) is 5.10 Å². The van der Waals surface area contributed by atoms with Crippen LogP contribution in [0.2, 0.25) is 0 Å². The molecule has 9 heteroatoms. The van der Waals surface area contributed by atoms with Gasteiger partial charge in [-0.2, -0.15) is 18.2 Å². The number of unbranched alkanes of at least 4 members (excludes halogenated alkanes) is 5. The average molecular weight is 517 g/mol. The van der Waals surface area contributed by atoms with Gasteiger partial charge in [0, 0.05) is 17.7 Å². The fraction of sp³-hybridized carbons (Fsp3) is 0.464. The van der Waals surface area contributed by atoms with Crippen LogP contribution in [0.3, 0.4) is 0 Å². The zero-order chi connectivity index (χ0) is 26.8. The number of hydrogen-bond acceptors (Lipinski definition) is 4. The number of carbonyl (C=O) groups excluding carboxylic acids is 1. The van der Waals surface area contributed by atoms with Crippen molar-refractivity contribution < 1.29 is 22.7 Å². The molecule has 3 rings (SSSR count). The van der Waals surface area contributed by atoms with Crippen molar-refractivity contribution in [2.75, 3.05) is 11.9 Å². The van der Waals surface area contributed by atoms with Gasteiger partial charge in [0.15, 0.2) is 5.82 Å². The van der Waals surface area contributed by atoms with Gasteiger partial charge in [-0.3, -0.25) is 4.79 Å². The van der Waals surface area contributed by atoms with Crippen molar-refractivity contribution >= 4 is 11.6 Å². The third kappa shape index (κ3) is 8.61. The lowest BCUT2D eigenvalue weighted by Crippen LogP contribution is -2.11. The molecule has 0 aliphatic heterocycles. The molecule has 1 heterocycles. The first-order chi connectivity index (χ1) is 17.7. The molecule has 0 bridgehead atoms. The third-order valence-corrected chi connectivity index (χ3v) is 5.76. The van der Waals surface area contributed by atoms with E-state index in [9.17, 15) is 18.0 Å². The maximum atomic E-state index is 13.0. The molecule has 0 spiro atoms. The van der Waals surface area contributed by atoms with Gasteiger partial charge in [-0.1, -0.05) is 65.0 Å². The Bertz CT molecular complexity index is 1120. The van der Waals surface area contributed by atoms with E-state index in [1.54, 1.807) is 24.3 Å². The Hall–Kier alpha value is -3.36. The molecule has 2 aromatic carbocycles. The van der Waals surface area contributed by atoms with Crippen molar-refractivity contribution in [3.63, 3.8) is 0 Å². The number of benzene rings is 2. The molecule has 200 valence electrons. The lowest BCUT2D eigenvalue weighted by atomic mass is 10.1. The largest absolute Gasteiger partial charge is 0.462 e. The van der Waals surface area contributed by atoms with Gasteiger partial charge >= 0.3 is 12.2 Å². The van der Waals surface area contributed by atoms with Crippen LogP contribution >= 0.6 is 0 Å². The Morgan fingerprint density at radius 1 is 0.973 bits per heavy atom. The molecule has 0 saturated heterocycles. The molecule has 6 nitrogen and oxygen atoms in total. The minimum atomic E-state index is -4.42. The quantitative estimate of drug-likeness (QED) is 0.237. The van der Waals surface area contributed by atoms with E-state index < -0.39 is 11.7 Å². The zero-order valence-electron chi connectivity index (χ0n) is 21.6. The number of halogens is 3. The first-order valence-electron chi connectivity index (χ1n) is 12.8. The molecule has 0 saturated carbocycles. The smallest absolute Gasteiger partial charge is 0.416 e. The Balaban J connectivity index is 1.74. The number of ether oxygens (including phenoxy) is 1. The van der Waals surface area contributed by atoms with Gasteiger partial charge < -0.3 is 10.1 Å². The van der Waals surface area contributed by atoms with E-state index in [1.807, 2.05) is 13.8 Å². The van der Waals surface area contributed by atoms with E-state index in [-0.39, 0.29) is 17.8 Å². The molecule has 0 fully saturated rings. The lowest BCUT2D eigenvalue weighted by Gasteiger charge is -2.10. The van der Waals surface area contributed by atoms with Crippen molar-refractivity contribution in [1.29, 1.82) is 0 Å². The zero-order valence-corrected chi connectivity index (χ0v) is 21.6. The Kier molecular flexibility index (Phi) is 10.1. The summed E-state index contributed by atoms with van der Waals surface area (Å²) in [7, 11) is 0. The molecule has 0 atom stereocenters. The summed E-state index contributed by atoms with van der Waals surface area (Å²) in [4.78, 5) is 16.7. The van der Waals surface area contributed by atoms with E-state index in [1.165, 1.54) is 36.1 Å². The number of anilines is 1.